The van der Waals surface area contributed by atoms with Crippen molar-refractivity contribution in [2.45, 2.75) is 256 Å². The molecule has 6 N–H and O–H groups in total. The van der Waals surface area contributed by atoms with Gasteiger partial charge in [-0.1, -0.05) is 226 Å². The first-order valence-electron chi connectivity index (χ1n) is 28.7. The van der Waals surface area contributed by atoms with Gasteiger partial charge in [0, 0.05) is 6.42 Å². The number of amides is 1. The number of esters is 1. The van der Waals surface area contributed by atoms with Crippen LogP contribution >= 0.6 is 0 Å². The summed E-state index contributed by atoms with van der Waals surface area (Å²) in [4.78, 5) is 26.4. The minimum atomic E-state index is -1.63. The summed E-state index contributed by atoms with van der Waals surface area (Å²) in [6.07, 6.45) is 55.6. The number of carbonyl (C=O) groups excluding carboxylic acids is 2. The minimum Gasteiger partial charge on any atom is -0.454 e. The molecule has 0 spiro atoms. The second kappa shape index (κ2) is 49.2. The molecule has 416 valence electrons. The van der Waals surface area contributed by atoms with E-state index in [9.17, 15) is 35.1 Å². The van der Waals surface area contributed by atoms with E-state index in [1.165, 1.54) is 51.4 Å². The Labute approximate surface area is 443 Å². The van der Waals surface area contributed by atoms with Gasteiger partial charge in [-0.2, -0.15) is 0 Å². The normalized spacial score (nSPS) is 20.2. The lowest BCUT2D eigenvalue weighted by Crippen LogP contribution is -2.61. The molecule has 8 atom stereocenters. The molecule has 73 heavy (non-hydrogen) atoms. The van der Waals surface area contributed by atoms with E-state index in [0.717, 1.165) is 109 Å². The summed E-state index contributed by atoms with van der Waals surface area (Å²) in [6, 6.07) is -1.06. The van der Waals surface area contributed by atoms with Crippen molar-refractivity contribution in [3.63, 3.8) is 0 Å². The number of aliphatic hydroxyl groups is 5. The number of carbonyl (C=O) groups is 2. The van der Waals surface area contributed by atoms with Gasteiger partial charge in [0.15, 0.2) is 12.4 Å². The number of unbranched alkanes of at least 4 members (excludes halogenated alkanes) is 18. The maximum Gasteiger partial charge on any atom is 0.306 e. The van der Waals surface area contributed by atoms with Gasteiger partial charge in [0.2, 0.25) is 5.91 Å². The number of hydrogen-bond acceptors (Lipinski definition) is 10. The molecule has 0 bridgehead atoms. The Bertz CT molecular complexity index is 1600. The summed E-state index contributed by atoms with van der Waals surface area (Å²) in [5, 5.41) is 56.8. The average Bonchev–Trinajstić information content (AvgIpc) is 3.39. The molecule has 1 saturated heterocycles. The van der Waals surface area contributed by atoms with Gasteiger partial charge in [-0.3, -0.25) is 9.59 Å². The van der Waals surface area contributed by atoms with Crippen LogP contribution in [-0.2, 0) is 23.8 Å². The number of ether oxygens (including phenoxy) is 3. The van der Waals surface area contributed by atoms with E-state index in [0.29, 0.717) is 12.8 Å². The Hall–Kier alpha value is -3.68. The molecule has 8 unspecified atom stereocenters. The monoisotopic (exact) mass is 1020 g/mol. The Balaban J connectivity index is 2.80. The molecule has 1 aliphatic heterocycles. The summed E-state index contributed by atoms with van der Waals surface area (Å²) in [5.41, 5.74) is 0. The van der Waals surface area contributed by atoms with E-state index in [4.69, 9.17) is 14.2 Å². The lowest BCUT2D eigenvalue weighted by atomic mass is 9.99. The molecule has 0 radical (unpaired) electrons. The number of aliphatic hydroxyl groups excluding tert-OH is 5. The highest BCUT2D eigenvalue weighted by Gasteiger charge is 2.47. The van der Waals surface area contributed by atoms with Crippen molar-refractivity contribution in [2.75, 3.05) is 13.2 Å². The molecule has 0 saturated carbocycles. The molecule has 1 aliphatic rings. The lowest BCUT2D eigenvalue weighted by Gasteiger charge is -2.41. The van der Waals surface area contributed by atoms with E-state index in [-0.39, 0.29) is 19.4 Å². The third-order valence-electron chi connectivity index (χ3n) is 12.7. The molecule has 1 fully saturated rings. The van der Waals surface area contributed by atoms with Crippen LogP contribution in [0, 0.1) is 0 Å². The summed E-state index contributed by atoms with van der Waals surface area (Å²) < 4.78 is 17.5. The summed E-state index contributed by atoms with van der Waals surface area (Å²) >= 11 is 0. The van der Waals surface area contributed by atoms with Gasteiger partial charge in [0.05, 0.1) is 25.4 Å². The van der Waals surface area contributed by atoms with Crippen molar-refractivity contribution in [1.82, 2.24) is 5.32 Å². The highest BCUT2D eigenvalue weighted by Crippen LogP contribution is 2.26. The number of rotatable bonds is 46. The highest BCUT2D eigenvalue weighted by atomic mass is 16.7. The molecular formula is C62H103NO10. The summed E-state index contributed by atoms with van der Waals surface area (Å²) in [5.74, 6) is -1.28. The van der Waals surface area contributed by atoms with Crippen LogP contribution in [0.2, 0.25) is 0 Å². The SMILES string of the molecule is CC/C=C\C/C=C\C/C=C\C/C=C\C/C=C\CCC(O)C(=O)NC(COC1OC(CO)C(O)C(O)C1OC(=O)CCCCCCCCC/C=C/C=C/C=C/CC)C(O)/C=C/CCCCCCCCCCCCC. The van der Waals surface area contributed by atoms with Crippen molar-refractivity contribution in [3.8, 4) is 0 Å². The first kappa shape index (κ1) is 67.3. The van der Waals surface area contributed by atoms with Crippen LogP contribution in [-0.4, -0.2) is 99.6 Å². The summed E-state index contributed by atoms with van der Waals surface area (Å²) in [6.45, 7) is 5.48. The van der Waals surface area contributed by atoms with Crippen LogP contribution in [0.3, 0.4) is 0 Å². The zero-order valence-electron chi connectivity index (χ0n) is 45.7. The van der Waals surface area contributed by atoms with Crippen LogP contribution < -0.4 is 5.32 Å². The molecule has 0 aromatic heterocycles. The third-order valence-corrected chi connectivity index (χ3v) is 12.7. The van der Waals surface area contributed by atoms with Gasteiger partial charge in [-0.15, -0.1) is 0 Å². The van der Waals surface area contributed by atoms with E-state index in [1.54, 1.807) is 6.08 Å². The topological polar surface area (TPSA) is 175 Å². The zero-order chi connectivity index (χ0) is 53.3. The Kier molecular flexibility index (Phi) is 45.4. The molecule has 1 amide bonds. The number of nitrogens with one attached hydrogen (secondary N) is 1. The van der Waals surface area contributed by atoms with Crippen LogP contribution in [0.5, 0.6) is 0 Å². The quantitative estimate of drug-likeness (QED) is 0.0149. The van der Waals surface area contributed by atoms with Crippen LogP contribution in [0.15, 0.2) is 109 Å². The fraction of sp³-hybridized carbons (Fsp3) is 0.677. The van der Waals surface area contributed by atoms with E-state index < -0.39 is 67.4 Å². The van der Waals surface area contributed by atoms with Crippen molar-refractivity contribution < 1.29 is 49.3 Å². The van der Waals surface area contributed by atoms with Gasteiger partial charge in [-0.05, 0) is 83.5 Å². The second-order valence-electron chi connectivity index (χ2n) is 19.3. The predicted octanol–water partition coefficient (Wildman–Crippen LogP) is 12.9. The molecule has 11 nitrogen and oxygen atoms in total. The fourth-order valence-corrected chi connectivity index (χ4v) is 8.21. The summed E-state index contributed by atoms with van der Waals surface area (Å²) in [7, 11) is 0. The van der Waals surface area contributed by atoms with Gasteiger partial charge >= 0.3 is 5.97 Å². The number of hydrogen-bond donors (Lipinski definition) is 6. The lowest BCUT2D eigenvalue weighted by molar-refractivity contribution is -0.305. The predicted molar refractivity (Wildman–Crippen MR) is 301 cm³/mol. The van der Waals surface area contributed by atoms with Gasteiger partial charge < -0.3 is 45.1 Å². The van der Waals surface area contributed by atoms with Gasteiger partial charge in [0.25, 0.3) is 0 Å². The van der Waals surface area contributed by atoms with Gasteiger partial charge in [0.1, 0.15) is 24.4 Å². The molecule has 0 aliphatic carbocycles. The second-order valence-corrected chi connectivity index (χ2v) is 19.3. The Morgan fingerprint density at radius 3 is 1.60 bits per heavy atom. The largest absolute Gasteiger partial charge is 0.454 e. The van der Waals surface area contributed by atoms with E-state index >= 15 is 0 Å². The standard InChI is InChI=1S/C62H103NO10/c1-4-7-10-13-16-19-22-25-27-29-31-34-37-40-43-46-49-55(66)61(70)63-53(54(65)48-45-42-39-36-33-30-24-21-18-15-12-9-6-3)52-71-62-60(59(69)58(68)56(51-64)72-62)73-57(67)50-47-44-41-38-35-32-28-26-23-20-17-14-11-8-5-2/h7-8,10-11,14,16-17,19-20,23,25,27,31,34,40,43,45,48,53-56,58-60,62,64-66,68-69H,4-6,9,12-13,15,18,21-22,24,26,28-30,32-33,35-39,41-42,44,46-47,49-52H2,1-3H3,(H,63,70)/b10-7-,11-8+,17-14+,19-16-,23-20+,27-25-,34-31-,43-40-,48-45+. The van der Waals surface area contributed by atoms with E-state index in [1.807, 2.05) is 30.4 Å². The fourth-order valence-electron chi connectivity index (χ4n) is 8.21. The molecule has 0 aromatic rings. The molecule has 1 heterocycles. The van der Waals surface area contributed by atoms with Crippen molar-refractivity contribution in [1.29, 1.82) is 0 Å². The Morgan fingerprint density at radius 2 is 1.05 bits per heavy atom. The van der Waals surface area contributed by atoms with E-state index in [2.05, 4.69) is 99.0 Å². The smallest absolute Gasteiger partial charge is 0.306 e. The van der Waals surface area contributed by atoms with Crippen molar-refractivity contribution in [2.24, 2.45) is 0 Å². The third kappa shape index (κ3) is 37.7. The van der Waals surface area contributed by atoms with Crippen LogP contribution in [0.1, 0.15) is 207 Å². The molecule has 0 aromatic carbocycles. The highest BCUT2D eigenvalue weighted by molar-refractivity contribution is 5.80. The maximum atomic E-state index is 13.4. The van der Waals surface area contributed by atoms with Crippen molar-refractivity contribution >= 4 is 11.9 Å². The average molecular weight is 1020 g/mol. The van der Waals surface area contributed by atoms with Crippen molar-refractivity contribution in [3.05, 3.63) is 109 Å². The minimum absolute atomic E-state index is 0.0973. The maximum absolute atomic E-state index is 13.4. The van der Waals surface area contributed by atoms with Gasteiger partial charge in [-0.25, -0.2) is 0 Å². The number of allylic oxidation sites excluding steroid dienone is 17. The first-order valence-corrected chi connectivity index (χ1v) is 28.7. The van der Waals surface area contributed by atoms with Crippen LogP contribution in [0.4, 0.5) is 0 Å². The molecular weight excluding hydrogens is 919 g/mol. The Morgan fingerprint density at radius 1 is 0.562 bits per heavy atom. The molecule has 11 heteroatoms. The van der Waals surface area contributed by atoms with Crippen LogP contribution in [0.25, 0.3) is 0 Å². The zero-order valence-corrected chi connectivity index (χ0v) is 45.7. The molecule has 1 rings (SSSR count). The first-order chi connectivity index (χ1) is 35.7.